The van der Waals surface area contributed by atoms with Gasteiger partial charge in [-0.2, -0.15) is 5.21 Å². The van der Waals surface area contributed by atoms with Crippen LogP contribution in [0.15, 0.2) is 24.3 Å². The van der Waals surface area contributed by atoms with E-state index >= 15 is 0 Å². The van der Waals surface area contributed by atoms with Crippen LogP contribution < -0.4 is 5.32 Å². The molecule has 0 aliphatic rings. The van der Waals surface area contributed by atoms with Gasteiger partial charge in [-0.3, -0.25) is 0 Å². The molecular formula is C12H17N5. The van der Waals surface area contributed by atoms with Gasteiger partial charge in [0.2, 0.25) is 5.82 Å². The Labute approximate surface area is 101 Å². The highest BCUT2D eigenvalue weighted by Gasteiger charge is 2.05. The lowest BCUT2D eigenvalue weighted by Crippen LogP contribution is -2.14. The largest absolute Gasteiger partial charge is 0.383 e. The molecule has 1 atom stereocenters. The van der Waals surface area contributed by atoms with E-state index in [-0.39, 0.29) is 0 Å². The van der Waals surface area contributed by atoms with Crippen LogP contribution in [-0.4, -0.2) is 26.7 Å². The van der Waals surface area contributed by atoms with Gasteiger partial charge >= 0.3 is 0 Å². The second kappa shape index (κ2) is 5.43. The number of H-pyrrole nitrogens is 1. The highest BCUT2D eigenvalue weighted by Crippen LogP contribution is 2.19. The van der Waals surface area contributed by atoms with E-state index in [1.54, 1.807) is 0 Å². The van der Waals surface area contributed by atoms with Crippen molar-refractivity contribution in [3.05, 3.63) is 24.3 Å². The minimum Gasteiger partial charge on any atom is -0.383 e. The van der Waals surface area contributed by atoms with E-state index in [1.165, 1.54) is 6.42 Å². The highest BCUT2D eigenvalue weighted by atomic mass is 15.5. The summed E-state index contributed by atoms with van der Waals surface area (Å²) in [7, 11) is 0. The van der Waals surface area contributed by atoms with E-state index in [0.717, 1.165) is 17.7 Å². The standard InChI is InChI=1S/C12H17N5/c1-3-5-9(2)13-11-7-4-6-10(8-11)12-14-16-17-15-12/h4,6-9,13H,3,5H2,1-2H3,(H,14,15,16,17). The lowest BCUT2D eigenvalue weighted by molar-refractivity contribution is 0.690. The van der Waals surface area contributed by atoms with Gasteiger partial charge in [-0.15, -0.1) is 10.2 Å². The van der Waals surface area contributed by atoms with Crippen molar-refractivity contribution >= 4 is 5.69 Å². The maximum absolute atomic E-state index is 3.97. The third-order valence-corrected chi connectivity index (χ3v) is 2.60. The average molecular weight is 231 g/mol. The second-order valence-electron chi connectivity index (χ2n) is 4.15. The van der Waals surface area contributed by atoms with Crippen molar-refractivity contribution in [1.29, 1.82) is 0 Å². The summed E-state index contributed by atoms with van der Waals surface area (Å²) in [6.07, 6.45) is 2.34. The maximum atomic E-state index is 3.97. The van der Waals surface area contributed by atoms with Crippen molar-refractivity contribution in [3.63, 3.8) is 0 Å². The first-order chi connectivity index (χ1) is 8.29. The van der Waals surface area contributed by atoms with Crippen LogP contribution in [-0.2, 0) is 0 Å². The Hall–Kier alpha value is -1.91. The van der Waals surface area contributed by atoms with Crippen LogP contribution in [0.25, 0.3) is 11.4 Å². The van der Waals surface area contributed by atoms with Crippen LogP contribution >= 0.6 is 0 Å². The molecule has 0 spiro atoms. The fraction of sp³-hybridized carbons (Fsp3) is 0.417. The molecule has 0 saturated heterocycles. The zero-order valence-corrected chi connectivity index (χ0v) is 10.1. The molecule has 0 amide bonds. The fourth-order valence-corrected chi connectivity index (χ4v) is 1.82. The van der Waals surface area contributed by atoms with Crippen LogP contribution in [0, 0.1) is 0 Å². The molecule has 2 aromatic rings. The Kier molecular flexibility index (Phi) is 3.69. The molecule has 1 unspecified atom stereocenters. The molecule has 0 saturated carbocycles. The number of nitrogens with zero attached hydrogens (tertiary/aromatic N) is 3. The molecule has 0 fully saturated rings. The van der Waals surface area contributed by atoms with Crippen molar-refractivity contribution in [2.75, 3.05) is 5.32 Å². The van der Waals surface area contributed by atoms with Crippen LogP contribution in [0.1, 0.15) is 26.7 Å². The fourth-order valence-electron chi connectivity index (χ4n) is 1.82. The Bertz CT molecular complexity index is 452. The zero-order chi connectivity index (χ0) is 12.1. The van der Waals surface area contributed by atoms with Crippen molar-refractivity contribution in [3.8, 4) is 11.4 Å². The van der Waals surface area contributed by atoms with Crippen LogP contribution in [0.2, 0.25) is 0 Å². The van der Waals surface area contributed by atoms with Gasteiger partial charge in [-0.05, 0) is 30.7 Å². The number of aromatic nitrogens is 4. The first-order valence-corrected chi connectivity index (χ1v) is 5.90. The number of hydrogen-bond acceptors (Lipinski definition) is 4. The summed E-state index contributed by atoms with van der Waals surface area (Å²) in [5, 5.41) is 17.4. The van der Waals surface area contributed by atoms with Gasteiger partial charge in [0, 0.05) is 17.3 Å². The van der Waals surface area contributed by atoms with Gasteiger partial charge in [0.25, 0.3) is 0 Å². The summed E-state index contributed by atoms with van der Waals surface area (Å²) in [6.45, 7) is 4.37. The predicted octanol–water partition coefficient (Wildman–Crippen LogP) is 2.47. The SMILES string of the molecule is CCCC(C)Nc1cccc(-c2nn[nH]n2)c1. The molecule has 0 radical (unpaired) electrons. The first kappa shape index (κ1) is 11.6. The first-order valence-electron chi connectivity index (χ1n) is 5.90. The third kappa shape index (κ3) is 3.03. The summed E-state index contributed by atoms with van der Waals surface area (Å²) in [5.41, 5.74) is 2.06. The van der Waals surface area contributed by atoms with Gasteiger partial charge in [0.15, 0.2) is 0 Å². The molecule has 1 heterocycles. The molecule has 1 aromatic heterocycles. The lowest BCUT2D eigenvalue weighted by Gasteiger charge is -2.14. The van der Waals surface area contributed by atoms with Gasteiger partial charge < -0.3 is 5.32 Å². The van der Waals surface area contributed by atoms with Gasteiger partial charge in [-0.25, -0.2) is 0 Å². The number of tetrazole rings is 1. The van der Waals surface area contributed by atoms with Crippen molar-refractivity contribution < 1.29 is 0 Å². The second-order valence-corrected chi connectivity index (χ2v) is 4.15. The summed E-state index contributed by atoms with van der Waals surface area (Å²) >= 11 is 0. The van der Waals surface area contributed by atoms with E-state index in [0.29, 0.717) is 11.9 Å². The van der Waals surface area contributed by atoms with E-state index < -0.39 is 0 Å². The molecule has 2 rings (SSSR count). The smallest absolute Gasteiger partial charge is 0.204 e. The molecule has 5 nitrogen and oxygen atoms in total. The number of anilines is 1. The van der Waals surface area contributed by atoms with Crippen LogP contribution in [0.3, 0.4) is 0 Å². The minimum atomic E-state index is 0.473. The Morgan fingerprint density at radius 3 is 3.00 bits per heavy atom. The number of benzene rings is 1. The average Bonchev–Trinajstić information content (AvgIpc) is 2.83. The third-order valence-electron chi connectivity index (χ3n) is 2.60. The molecule has 17 heavy (non-hydrogen) atoms. The summed E-state index contributed by atoms with van der Waals surface area (Å²) in [4.78, 5) is 0. The van der Waals surface area contributed by atoms with Crippen LogP contribution in [0.5, 0.6) is 0 Å². The van der Waals surface area contributed by atoms with E-state index in [1.807, 2.05) is 18.2 Å². The summed E-state index contributed by atoms with van der Waals surface area (Å²) < 4.78 is 0. The van der Waals surface area contributed by atoms with Gasteiger partial charge in [0.05, 0.1) is 0 Å². The number of nitrogens with one attached hydrogen (secondary N) is 2. The topological polar surface area (TPSA) is 66.5 Å². The lowest BCUT2D eigenvalue weighted by atomic mass is 10.1. The molecule has 0 aliphatic carbocycles. The molecule has 90 valence electrons. The monoisotopic (exact) mass is 231 g/mol. The molecule has 0 aliphatic heterocycles. The Balaban J connectivity index is 2.12. The van der Waals surface area contributed by atoms with Crippen molar-refractivity contribution in [2.45, 2.75) is 32.7 Å². The quantitative estimate of drug-likeness (QED) is 0.829. The molecule has 0 bridgehead atoms. The Morgan fingerprint density at radius 1 is 1.41 bits per heavy atom. The number of aromatic amines is 1. The molecular weight excluding hydrogens is 214 g/mol. The van der Waals surface area contributed by atoms with E-state index in [9.17, 15) is 0 Å². The highest BCUT2D eigenvalue weighted by molar-refractivity contribution is 5.61. The summed E-state index contributed by atoms with van der Waals surface area (Å²) in [5.74, 6) is 0.622. The number of rotatable bonds is 5. The van der Waals surface area contributed by atoms with Crippen molar-refractivity contribution in [2.24, 2.45) is 0 Å². The van der Waals surface area contributed by atoms with Crippen molar-refractivity contribution in [1.82, 2.24) is 20.6 Å². The maximum Gasteiger partial charge on any atom is 0.204 e. The molecule has 1 aromatic carbocycles. The van der Waals surface area contributed by atoms with Gasteiger partial charge in [0.1, 0.15) is 0 Å². The van der Waals surface area contributed by atoms with Gasteiger partial charge in [-0.1, -0.05) is 25.5 Å². The van der Waals surface area contributed by atoms with E-state index in [4.69, 9.17) is 0 Å². The van der Waals surface area contributed by atoms with E-state index in [2.05, 4.69) is 45.9 Å². The minimum absolute atomic E-state index is 0.473. The Morgan fingerprint density at radius 2 is 2.29 bits per heavy atom. The number of hydrogen-bond donors (Lipinski definition) is 2. The zero-order valence-electron chi connectivity index (χ0n) is 10.1. The molecule has 2 N–H and O–H groups in total. The predicted molar refractivity (Wildman–Crippen MR) is 67.6 cm³/mol. The van der Waals surface area contributed by atoms with Crippen LogP contribution in [0.4, 0.5) is 5.69 Å². The normalized spacial score (nSPS) is 12.4. The molecule has 5 heteroatoms. The summed E-state index contributed by atoms with van der Waals surface area (Å²) in [6, 6.07) is 8.53.